The highest BCUT2D eigenvalue weighted by Crippen LogP contribution is 2.27. The van der Waals surface area contributed by atoms with Gasteiger partial charge in [0.1, 0.15) is 5.75 Å². The number of sulfonamides is 1. The van der Waals surface area contributed by atoms with Crippen LogP contribution in [-0.2, 0) is 14.8 Å². The summed E-state index contributed by atoms with van der Waals surface area (Å²) in [7, 11) is -3.52. The number of thiocarbonyl (C=S) groups is 1. The van der Waals surface area contributed by atoms with Crippen LogP contribution in [0.25, 0.3) is 0 Å². The van der Waals surface area contributed by atoms with E-state index in [1.807, 2.05) is 0 Å². The summed E-state index contributed by atoms with van der Waals surface area (Å²) < 4.78 is 32.6. The summed E-state index contributed by atoms with van der Waals surface area (Å²) in [6.07, 6.45) is 3.85. The van der Waals surface area contributed by atoms with Gasteiger partial charge in [0, 0.05) is 23.8 Å². The Morgan fingerprint density at radius 3 is 2.31 bits per heavy atom. The largest absolute Gasteiger partial charge is 0.482 e. The first kappa shape index (κ1) is 24.7. The normalized spacial score (nSPS) is 14.9. The van der Waals surface area contributed by atoms with E-state index in [1.54, 1.807) is 28.6 Å². The number of halogens is 2. The van der Waals surface area contributed by atoms with Crippen LogP contribution >= 0.6 is 35.4 Å². The molecule has 2 N–H and O–H groups in total. The lowest BCUT2D eigenvalue weighted by Crippen LogP contribution is -2.37. The third-order valence-electron chi connectivity index (χ3n) is 4.82. The van der Waals surface area contributed by atoms with Crippen molar-refractivity contribution in [2.24, 2.45) is 0 Å². The van der Waals surface area contributed by atoms with Crippen LogP contribution in [0.4, 0.5) is 5.69 Å². The number of carbonyl (C=O) groups is 1. The smallest absolute Gasteiger partial charge is 0.264 e. The number of amides is 1. The number of rotatable bonds is 6. The Bertz CT molecular complexity index is 1070. The van der Waals surface area contributed by atoms with Crippen molar-refractivity contribution in [2.45, 2.75) is 30.6 Å². The van der Waals surface area contributed by atoms with E-state index in [1.165, 1.54) is 18.2 Å². The maximum Gasteiger partial charge on any atom is 0.264 e. The molecule has 1 saturated heterocycles. The maximum absolute atomic E-state index is 12.8. The Morgan fingerprint density at radius 1 is 1.03 bits per heavy atom. The fourth-order valence-electron chi connectivity index (χ4n) is 3.20. The van der Waals surface area contributed by atoms with Crippen LogP contribution in [0.15, 0.2) is 47.4 Å². The van der Waals surface area contributed by atoms with Crippen molar-refractivity contribution in [3.8, 4) is 5.75 Å². The van der Waals surface area contributed by atoms with Crippen LogP contribution in [0.5, 0.6) is 5.75 Å². The van der Waals surface area contributed by atoms with E-state index < -0.39 is 15.9 Å². The highest BCUT2D eigenvalue weighted by Gasteiger charge is 2.25. The summed E-state index contributed by atoms with van der Waals surface area (Å²) in [6, 6.07) is 10.9. The van der Waals surface area contributed by atoms with Crippen LogP contribution in [0.2, 0.25) is 10.0 Å². The Kier molecular flexibility index (Phi) is 8.72. The summed E-state index contributed by atoms with van der Waals surface area (Å²) in [6.45, 7) is 0.791. The second-order valence-corrected chi connectivity index (χ2v) is 10.4. The first-order chi connectivity index (χ1) is 15.3. The van der Waals surface area contributed by atoms with Gasteiger partial charge in [-0.2, -0.15) is 4.31 Å². The number of carbonyl (C=O) groups excluding carboxylic acids is 1. The van der Waals surface area contributed by atoms with E-state index in [9.17, 15) is 13.2 Å². The molecule has 0 radical (unpaired) electrons. The van der Waals surface area contributed by atoms with Gasteiger partial charge in [-0.25, -0.2) is 8.42 Å². The predicted octanol–water partition coefficient (Wildman–Crippen LogP) is 4.45. The highest BCUT2D eigenvalue weighted by atomic mass is 35.5. The van der Waals surface area contributed by atoms with Crippen molar-refractivity contribution >= 4 is 62.2 Å². The van der Waals surface area contributed by atoms with Gasteiger partial charge < -0.3 is 10.1 Å². The first-order valence-electron chi connectivity index (χ1n) is 10.0. The van der Waals surface area contributed by atoms with E-state index in [-0.39, 0.29) is 16.6 Å². The van der Waals surface area contributed by atoms with Gasteiger partial charge in [-0.05, 0) is 67.5 Å². The molecule has 1 heterocycles. The molecule has 7 nitrogen and oxygen atoms in total. The van der Waals surface area contributed by atoms with Crippen LogP contribution < -0.4 is 15.4 Å². The fraction of sp³-hybridized carbons (Fsp3) is 0.333. The number of ether oxygens (including phenoxy) is 1. The average molecular weight is 516 g/mol. The van der Waals surface area contributed by atoms with Crippen molar-refractivity contribution in [3.05, 3.63) is 52.5 Å². The van der Waals surface area contributed by atoms with Gasteiger partial charge in [0.25, 0.3) is 5.91 Å². The van der Waals surface area contributed by atoms with Gasteiger partial charge in [-0.1, -0.05) is 36.0 Å². The molecule has 0 atom stereocenters. The van der Waals surface area contributed by atoms with E-state index >= 15 is 0 Å². The van der Waals surface area contributed by atoms with Crippen molar-refractivity contribution in [3.63, 3.8) is 0 Å². The van der Waals surface area contributed by atoms with Crippen LogP contribution in [0.3, 0.4) is 0 Å². The Labute approximate surface area is 203 Å². The summed E-state index contributed by atoms with van der Waals surface area (Å²) in [4.78, 5) is 12.3. The molecular weight excluding hydrogens is 493 g/mol. The van der Waals surface area contributed by atoms with E-state index in [0.717, 1.165) is 25.7 Å². The maximum atomic E-state index is 12.8. The lowest BCUT2D eigenvalue weighted by atomic mass is 10.2. The minimum atomic E-state index is -3.52. The molecule has 3 rings (SSSR count). The average Bonchev–Trinajstić information content (AvgIpc) is 3.03. The number of nitrogens with zero attached hydrogens (tertiary/aromatic N) is 1. The van der Waals surface area contributed by atoms with Crippen molar-refractivity contribution < 1.29 is 17.9 Å². The van der Waals surface area contributed by atoms with Gasteiger partial charge >= 0.3 is 0 Å². The van der Waals surface area contributed by atoms with Crippen LogP contribution in [0.1, 0.15) is 25.7 Å². The molecule has 1 fully saturated rings. The zero-order valence-electron chi connectivity index (χ0n) is 17.1. The molecular formula is C21H23Cl2N3O4S2. The molecule has 1 aliphatic heterocycles. The predicted molar refractivity (Wildman–Crippen MR) is 130 cm³/mol. The van der Waals surface area contributed by atoms with Gasteiger partial charge in [0.15, 0.2) is 11.7 Å². The second-order valence-electron chi connectivity index (χ2n) is 7.21. The minimum Gasteiger partial charge on any atom is -0.482 e. The van der Waals surface area contributed by atoms with Crippen molar-refractivity contribution in [1.29, 1.82) is 0 Å². The van der Waals surface area contributed by atoms with Crippen LogP contribution in [0, 0.1) is 0 Å². The molecule has 0 aromatic heterocycles. The summed E-state index contributed by atoms with van der Waals surface area (Å²) >= 11 is 17.0. The molecule has 2 aromatic carbocycles. The molecule has 0 unspecified atom stereocenters. The van der Waals surface area contributed by atoms with Crippen molar-refractivity contribution in [2.75, 3.05) is 25.0 Å². The van der Waals surface area contributed by atoms with Crippen LogP contribution in [-0.4, -0.2) is 43.4 Å². The SMILES string of the molecule is O=C(COc1ccc(Cl)cc1Cl)NC(=S)Nc1ccc(S(=O)(=O)N2CCCCCC2)cc1. The molecule has 32 heavy (non-hydrogen) atoms. The quantitative estimate of drug-likeness (QED) is 0.552. The Hall–Kier alpha value is -1.91. The molecule has 172 valence electrons. The molecule has 11 heteroatoms. The summed E-state index contributed by atoms with van der Waals surface area (Å²) in [5.41, 5.74) is 0.548. The lowest BCUT2D eigenvalue weighted by Gasteiger charge is -2.20. The number of nitrogens with one attached hydrogen (secondary N) is 2. The zero-order chi connectivity index (χ0) is 23.1. The molecule has 2 aromatic rings. The van der Waals surface area contributed by atoms with E-state index in [0.29, 0.717) is 34.6 Å². The third kappa shape index (κ3) is 6.79. The van der Waals surface area contributed by atoms with Gasteiger partial charge in [-0.3, -0.25) is 10.1 Å². The molecule has 0 spiro atoms. The first-order valence-corrected chi connectivity index (χ1v) is 12.6. The minimum absolute atomic E-state index is 0.0592. The highest BCUT2D eigenvalue weighted by molar-refractivity contribution is 7.89. The monoisotopic (exact) mass is 515 g/mol. The zero-order valence-corrected chi connectivity index (χ0v) is 20.3. The number of hydrogen-bond acceptors (Lipinski definition) is 5. The van der Waals surface area contributed by atoms with Gasteiger partial charge in [0.2, 0.25) is 10.0 Å². The number of anilines is 1. The topological polar surface area (TPSA) is 87.7 Å². The summed E-state index contributed by atoms with van der Waals surface area (Å²) in [5.74, 6) is -0.153. The molecule has 1 aliphatic rings. The summed E-state index contributed by atoms with van der Waals surface area (Å²) in [5, 5.41) is 6.16. The third-order valence-corrected chi connectivity index (χ3v) is 7.47. The molecule has 0 aliphatic carbocycles. The Morgan fingerprint density at radius 2 is 1.69 bits per heavy atom. The standard InChI is InChI=1S/C21H23Cl2N3O4S2/c22-15-5-10-19(18(23)13-15)30-14-20(27)25-21(31)24-16-6-8-17(9-7-16)32(28,29)26-11-3-1-2-4-12-26/h5-10,13H,1-4,11-12,14H2,(H2,24,25,27,31). The Balaban J connectivity index is 1.52. The van der Waals surface area contributed by atoms with Crippen molar-refractivity contribution in [1.82, 2.24) is 9.62 Å². The number of benzene rings is 2. The lowest BCUT2D eigenvalue weighted by molar-refractivity contribution is -0.121. The van der Waals surface area contributed by atoms with Gasteiger partial charge in [0.05, 0.1) is 9.92 Å². The van der Waals surface area contributed by atoms with E-state index in [2.05, 4.69) is 10.6 Å². The molecule has 1 amide bonds. The van der Waals surface area contributed by atoms with E-state index in [4.69, 9.17) is 40.2 Å². The fourth-order valence-corrected chi connectivity index (χ4v) is 5.41. The molecule has 0 saturated carbocycles. The number of hydrogen-bond donors (Lipinski definition) is 2. The second kappa shape index (κ2) is 11.3. The van der Waals surface area contributed by atoms with Gasteiger partial charge in [-0.15, -0.1) is 0 Å². The molecule has 0 bridgehead atoms.